The Kier molecular flexibility index (Phi) is 7.36. The molecule has 2 saturated carbocycles. The maximum Gasteiger partial charge on any atom is 0.164 e. The monoisotopic (exact) mass is 722 g/mol. The van der Waals surface area contributed by atoms with Crippen LogP contribution in [0.3, 0.4) is 0 Å². The van der Waals surface area contributed by atoms with Crippen molar-refractivity contribution < 1.29 is 0 Å². The van der Waals surface area contributed by atoms with Crippen molar-refractivity contribution in [3.8, 4) is 62.5 Å². The van der Waals surface area contributed by atoms with Crippen LogP contribution in [0.4, 0.5) is 0 Å². The van der Waals surface area contributed by atoms with Gasteiger partial charge in [-0.15, -0.1) is 0 Å². The first-order valence-corrected chi connectivity index (χ1v) is 20.3. The van der Waals surface area contributed by atoms with E-state index in [1.54, 1.807) is 0 Å². The van der Waals surface area contributed by atoms with Gasteiger partial charge < -0.3 is 0 Å². The average Bonchev–Trinajstić information content (AvgIpc) is 3.70. The first-order valence-electron chi connectivity index (χ1n) is 20.3. The van der Waals surface area contributed by atoms with Gasteiger partial charge in [-0.1, -0.05) is 135 Å². The van der Waals surface area contributed by atoms with Gasteiger partial charge in [-0.25, -0.2) is 15.0 Å². The normalized spacial score (nSPS) is 22.1. The number of nitriles is 1. The summed E-state index contributed by atoms with van der Waals surface area (Å²) in [7, 11) is 0. The van der Waals surface area contributed by atoms with E-state index in [-0.39, 0.29) is 5.41 Å². The predicted octanol–water partition coefficient (Wildman–Crippen LogP) is 12.2. The van der Waals surface area contributed by atoms with Crippen molar-refractivity contribution in [1.82, 2.24) is 15.0 Å². The zero-order valence-corrected chi connectivity index (χ0v) is 31.8. The first kappa shape index (κ1) is 33.2. The molecule has 1 spiro atoms. The minimum absolute atomic E-state index is 0.214. The van der Waals surface area contributed by atoms with Gasteiger partial charge in [-0.2, -0.15) is 5.26 Å². The van der Waals surface area contributed by atoms with E-state index < -0.39 is 5.41 Å². The Bertz CT molecular complexity index is 2690. The molecule has 270 valence electrons. The summed E-state index contributed by atoms with van der Waals surface area (Å²) in [4.78, 5) is 15.2. The summed E-state index contributed by atoms with van der Waals surface area (Å²) in [6.45, 7) is 4.98. The number of benzene rings is 6. The summed E-state index contributed by atoms with van der Waals surface area (Å²) in [5.41, 5.74) is 15.1. The number of nitrogens with zero attached hydrogens (tertiary/aromatic N) is 4. The SMILES string of the molecule is C[C@@H]1C[C@@H]2C[C@H](C)CC(c3ccc4c(c3)C3(c5ccccc5-c5ccccc53)c3ccc(-c5nc(-c6ccccc6)nc(-c6cccc(C#N)c6)n5)cc3-4)(C1)C2. The molecule has 0 saturated heterocycles. The van der Waals surface area contributed by atoms with Crippen LogP contribution < -0.4 is 0 Å². The molecule has 1 aromatic heterocycles. The summed E-state index contributed by atoms with van der Waals surface area (Å²) in [6, 6.07) is 52.5. The highest BCUT2D eigenvalue weighted by Crippen LogP contribution is 2.64. The van der Waals surface area contributed by atoms with Gasteiger partial charge in [-0.3, -0.25) is 0 Å². The molecule has 1 unspecified atom stereocenters. The van der Waals surface area contributed by atoms with E-state index >= 15 is 0 Å². The third kappa shape index (κ3) is 4.86. The molecule has 4 atom stereocenters. The van der Waals surface area contributed by atoms with Gasteiger partial charge in [0.2, 0.25) is 0 Å². The lowest BCUT2D eigenvalue weighted by Crippen LogP contribution is -2.42. The molecule has 0 amide bonds. The number of aromatic nitrogens is 3. The fourth-order valence-corrected chi connectivity index (χ4v) is 11.7. The van der Waals surface area contributed by atoms with Crippen molar-refractivity contribution in [2.24, 2.45) is 17.8 Å². The second kappa shape index (κ2) is 12.4. The molecule has 4 nitrogen and oxygen atoms in total. The van der Waals surface area contributed by atoms with Gasteiger partial charge in [0.1, 0.15) is 0 Å². The molecule has 4 heteroatoms. The molecule has 7 aromatic rings. The smallest absolute Gasteiger partial charge is 0.164 e. The Hall–Kier alpha value is -6.18. The van der Waals surface area contributed by atoms with Crippen LogP contribution in [-0.2, 0) is 10.8 Å². The van der Waals surface area contributed by atoms with Gasteiger partial charge in [-0.05, 0) is 124 Å². The van der Waals surface area contributed by atoms with Gasteiger partial charge in [0.25, 0.3) is 0 Å². The minimum Gasteiger partial charge on any atom is -0.208 e. The Morgan fingerprint density at radius 1 is 0.500 bits per heavy atom. The lowest BCUT2D eigenvalue weighted by Gasteiger charge is -2.50. The van der Waals surface area contributed by atoms with Crippen molar-refractivity contribution in [3.63, 3.8) is 0 Å². The largest absolute Gasteiger partial charge is 0.208 e. The number of fused-ring (bicyclic) bond motifs is 12. The van der Waals surface area contributed by atoms with Crippen LogP contribution in [0.1, 0.15) is 79.3 Å². The summed E-state index contributed by atoms with van der Waals surface area (Å²) < 4.78 is 0. The first-order chi connectivity index (χ1) is 27.4. The van der Waals surface area contributed by atoms with Crippen LogP contribution in [0.25, 0.3) is 56.4 Å². The molecule has 4 aliphatic rings. The third-order valence-electron chi connectivity index (χ3n) is 13.5. The molecular weight excluding hydrogens is 681 g/mol. The van der Waals surface area contributed by atoms with E-state index in [0.717, 1.165) is 34.4 Å². The molecule has 2 fully saturated rings. The summed E-state index contributed by atoms with van der Waals surface area (Å²) >= 11 is 0. The van der Waals surface area contributed by atoms with Crippen molar-refractivity contribution in [1.29, 1.82) is 5.26 Å². The molecule has 4 aliphatic carbocycles. The summed E-state index contributed by atoms with van der Waals surface area (Å²) in [5, 5.41) is 9.71. The van der Waals surface area contributed by atoms with Gasteiger partial charge in [0, 0.05) is 16.7 Å². The lowest BCUT2D eigenvalue weighted by molar-refractivity contribution is 0.0780. The fraction of sp³-hybridized carbons (Fsp3) is 0.231. The molecule has 6 aromatic carbocycles. The van der Waals surface area contributed by atoms with Crippen LogP contribution >= 0.6 is 0 Å². The van der Waals surface area contributed by atoms with Crippen molar-refractivity contribution in [2.75, 3.05) is 0 Å². The van der Waals surface area contributed by atoms with Crippen LogP contribution in [0.2, 0.25) is 0 Å². The Morgan fingerprint density at radius 3 is 1.75 bits per heavy atom. The standard InChI is InChI=1S/C52H42N4/c1-32-23-35-24-33(2)29-51(28-32,30-35)39-20-21-42-43-26-38(50-55-48(36-12-4-3-5-13-36)54-49(56-50)37-14-10-11-34(25-37)31-53)19-22-46(43)52(47(42)27-39)44-17-8-6-15-40(44)41-16-7-9-18-45(41)52/h3-22,25-27,32-33,35H,23-24,28-30H2,1-2H3/t32-,33+,35-,51?. The van der Waals surface area contributed by atoms with Crippen LogP contribution in [0.5, 0.6) is 0 Å². The quantitative estimate of drug-likeness (QED) is 0.181. The molecular formula is C52H42N4. The number of hydrogen-bond acceptors (Lipinski definition) is 4. The van der Waals surface area contributed by atoms with Crippen LogP contribution in [-0.4, -0.2) is 15.0 Å². The van der Waals surface area contributed by atoms with Crippen molar-refractivity contribution in [3.05, 3.63) is 173 Å². The van der Waals surface area contributed by atoms with Crippen molar-refractivity contribution in [2.45, 2.75) is 56.8 Å². The number of hydrogen-bond donors (Lipinski definition) is 0. The van der Waals surface area contributed by atoms with Crippen LogP contribution in [0, 0.1) is 29.1 Å². The highest BCUT2D eigenvalue weighted by atomic mass is 15.0. The average molecular weight is 723 g/mol. The Balaban J connectivity index is 1.15. The maximum absolute atomic E-state index is 9.71. The zero-order valence-electron chi connectivity index (χ0n) is 31.8. The van der Waals surface area contributed by atoms with E-state index in [9.17, 15) is 5.26 Å². The van der Waals surface area contributed by atoms with Gasteiger partial charge >= 0.3 is 0 Å². The van der Waals surface area contributed by atoms with E-state index in [1.165, 1.54) is 82.2 Å². The highest BCUT2D eigenvalue weighted by Gasteiger charge is 2.53. The van der Waals surface area contributed by atoms with Crippen LogP contribution in [0.15, 0.2) is 140 Å². The predicted molar refractivity (Wildman–Crippen MR) is 224 cm³/mol. The zero-order chi connectivity index (χ0) is 37.6. The van der Waals surface area contributed by atoms with E-state index in [1.807, 2.05) is 54.6 Å². The Morgan fingerprint density at radius 2 is 1.07 bits per heavy atom. The molecule has 0 aliphatic heterocycles. The van der Waals surface area contributed by atoms with Crippen molar-refractivity contribution >= 4 is 0 Å². The molecule has 11 rings (SSSR count). The minimum atomic E-state index is -0.430. The highest BCUT2D eigenvalue weighted by molar-refractivity contribution is 5.96. The Labute approximate surface area is 329 Å². The topological polar surface area (TPSA) is 62.5 Å². The van der Waals surface area contributed by atoms with E-state index in [0.29, 0.717) is 23.0 Å². The summed E-state index contributed by atoms with van der Waals surface area (Å²) in [5.74, 6) is 4.06. The van der Waals surface area contributed by atoms with E-state index in [2.05, 4.69) is 105 Å². The second-order valence-electron chi connectivity index (χ2n) is 17.2. The maximum atomic E-state index is 9.71. The summed E-state index contributed by atoms with van der Waals surface area (Å²) in [6.07, 6.45) is 6.58. The third-order valence-corrected chi connectivity index (χ3v) is 13.5. The molecule has 56 heavy (non-hydrogen) atoms. The molecule has 0 radical (unpaired) electrons. The fourth-order valence-electron chi connectivity index (χ4n) is 11.7. The second-order valence-corrected chi connectivity index (χ2v) is 17.2. The van der Waals surface area contributed by atoms with Gasteiger partial charge in [0.05, 0.1) is 17.0 Å². The molecule has 1 heterocycles. The van der Waals surface area contributed by atoms with E-state index in [4.69, 9.17) is 15.0 Å². The lowest BCUT2D eigenvalue weighted by atomic mass is 9.54. The molecule has 0 N–H and O–H groups in total. The number of rotatable bonds is 4. The molecule has 2 bridgehead atoms. The van der Waals surface area contributed by atoms with Gasteiger partial charge in [0.15, 0.2) is 17.5 Å².